The molecule has 0 aliphatic carbocycles. The monoisotopic (exact) mass is 218 g/mol. The first kappa shape index (κ1) is 13.9. The molecule has 0 bridgehead atoms. The van der Waals surface area contributed by atoms with E-state index in [1.165, 1.54) is 0 Å². The number of aliphatic hydroxyl groups excluding tert-OH is 1. The maximum absolute atomic E-state index is 11.3. The first-order valence-corrected chi connectivity index (χ1v) is 4.90. The van der Waals surface area contributed by atoms with E-state index in [-0.39, 0.29) is 19.3 Å². The van der Waals surface area contributed by atoms with Crippen LogP contribution in [0.25, 0.3) is 0 Å². The maximum atomic E-state index is 11.3. The van der Waals surface area contributed by atoms with E-state index in [1.807, 2.05) is 0 Å². The second-order valence-electron chi connectivity index (χ2n) is 3.03. The summed E-state index contributed by atoms with van der Waals surface area (Å²) in [6.07, 6.45) is 0.567. The van der Waals surface area contributed by atoms with E-state index in [0.717, 1.165) is 0 Å². The summed E-state index contributed by atoms with van der Waals surface area (Å²) in [5.41, 5.74) is 5.34. The van der Waals surface area contributed by atoms with Crippen LogP contribution in [-0.2, 0) is 14.3 Å². The van der Waals surface area contributed by atoms with Crippen LogP contribution in [0.3, 0.4) is 0 Å². The largest absolute Gasteiger partial charge is 0.464 e. The van der Waals surface area contributed by atoms with Gasteiger partial charge >= 0.3 is 5.97 Å². The summed E-state index contributed by atoms with van der Waals surface area (Å²) < 4.78 is 4.59. The van der Waals surface area contributed by atoms with Crippen molar-refractivity contribution in [3.05, 3.63) is 0 Å². The molecule has 0 rings (SSSR count). The fourth-order valence-corrected chi connectivity index (χ4v) is 0.907. The number of carbonyl (C=O) groups excluding carboxylic acids is 2. The van der Waals surface area contributed by atoms with Gasteiger partial charge in [-0.3, -0.25) is 4.79 Å². The van der Waals surface area contributed by atoms with Gasteiger partial charge in [0.25, 0.3) is 0 Å². The Balaban J connectivity index is 4.14. The molecule has 0 saturated carbocycles. The number of hydrogen-bond acceptors (Lipinski definition) is 5. The van der Waals surface area contributed by atoms with E-state index in [1.54, 1.807) is 13.8 Å². The van der Waals surface area contributed by atoms with Crippen LogP contribution < -0.4 is 11.1 Å². The highest BCUT2D eigenvalue weighted by molar-refractivity contribution is 6.01. The van der Waals surface area contributed by atoms with Crippen LogP contribution in [-0.4, -0.2) is 42.3 Å². The lowest BCUT2D eigenvalue weighted by Gasteiger charge is -2.16. The van der Waals surface area contributed by atoms with E-state index in [9.17, 15) is 9.59 Å². The highest BCUT2D eigenvalue weighted by atomic mass is 16.5. The molecule has 2 atom stereocenters. The van der Waals surface area contributed by atoms with Gasteiger partial charge < -0.3 is 20.9 Å². The predicted molar refractivity (Wildman–Crippen MR) is 53.9 cm³/mol. The van der Waals surface area contributed by atoms with Crippen molar-refractivity contribution in [2.24, 2.45) is 5.73 Å². The van der Waals surface area contributed by atoms with Crippen LogP contribution in [0, 0.1) is 0 Å². The van der Waals surface area contributed by atoms with Gasteiger partial charge in [0, 0.05) is 0 Å². The number of esters is 1. The number of amides is 1. The van der Waals surface area contributed by atoms with Gasteiger partial charge in [-0.25, -0.2) is 4.79 Å². The minimum absolute atomic E-state index is 0.178. The molecule has 0 spiro atoms. The lowest BCUT2D eigenvalue weighted by molar-refractivity contribution is -0.148. The van der Waals surface area contributed by atoms with E-state index in [0.29, 0.717) is 6.42 Å². The lowest BCUT2D eigenvalue weighted by atomic mass is 10.2. The van der Waals surface area contributed by atoms with Gasteiger partial charge in [-0.05, 0) is 13.3 Å². The molecule has 0 aliphatic rings. The summed E-state index contributed by atoms with van der Waals surface area (Å²) in [6.45, 7) is 3.43. The minimum atomic E-state index is -1.33. The Morgan fingerprint density at radius 3 is 2.47 bits per heavy atom. The Hall–Kier alpha value is -1.14. The van der Waals surface area contributed by atoms with Crippen molar-refractivity contribution in [2.75, 3.05) is 13.2 Å². The van der Waals surface area contributed by atoms with Crippen LogP contribution in [0.4, 0.5) is 0 Å². The van der Waals surface area contributed by atoms with Gasteiger partial charge in [-0.1, -0.05) is 6.92 Å². The van der Waals surface area contributed by atoms with E-state index < -0.39 is 17.9 Å². The molecule has 15 heavy (non-hydrogen) atoms. The van der Waals surface area contributed by atoms with Crippen LogP contribution in [0.15, 0.2) is 0 Å². The molecule has 1 amide bonds. The number of aliphatic hydroxyl groups is 1. The zero-order valence-electron chi connectivity index (χ0n) is 9.03. The molecule has 0 aromatic carbocycles. The molecule has 88 valence electrons. The molecule has 0 heterocycles. The predicted octanol–water partition coefficient (Wildman–Crippen LogP) is -1.24. The Bertz CT molecular complexity index is 216. The molecule has 6 heteroatoms. The van der Waals surface area contributed by atoms with Crippen molar-refractivity contribution in [3.63, 3.8) is 0 Å². The average molecular weight is 218 g/mol. The molecule has 4 N–H and O–H groups in total. The third-order valence-corrected chi connectivity index (χ3v) is 1.88. The van der Waals surface area contributed by atoms with Crippen molar-refractivity contribution < 1.29 is 19.4 Å². The Morgan fingerprint density at radius 2 is 2.07 bits per heavy atom. The van der Waals surface area contributed by atoms with Crippen molar-refractivity contribution in [1.29, 1.82) is 0 Å². The average Bonchev–Trinajstić information content (AvgIpc) is 2.24. The number of nitrogens with two attached hydrogens (primary N) is 1. The summed E-state index contributed by atoms with van der Waals surface area (Å²) in [5, 5.41) is 11.3. The van der Waals surface area contributed by atoms with Gasteiger partial charge in [-0.15, -0.1) is 0 Å². The third kappa shape index (κ3) is 4.75. The maximum Gasteiger partial charge on any atom is 0.332 e. The molecular weight excluding hydrogens is 200 g/mol. The van der Waals surface area contributed by atoms with Crippen LogP contribution in [0.2, 0.25) is 0 Å². The molecule has 1 unspecified atom stereocenters. The van der Waals surface area contributed by atoms with Gasteiger partial charge in [0.1, 0.15) is 0 Å². The molecule has 0 saturated heterocycles. The van der Waals surface area contributed by atoms with Gasteiger partial charge in [0.2, 0.25) is 5.91 Å². The van der Waals surface area contributed by atoms with Gasteiger partial charge in [-0.2, -0.15) is 0 Å². The summed E-state index contributed by atoms with van der Waals surface area (Å²) in [7, 11) is 0. The Morgan fingerprint density at radius 1 is 1.47 bits per heavy atom. The SMILES string of the molecule is CCOC(=O)C(N)C(=O)N[C@@H](CC)CO. The van der Waals surface area contributed by atoms with Crippen LogP contribution >= 0.6 is 0 Å². The molecule has 6 nitrogen and oxygen atoms in total. The summed E-state index contributed by atoms with van der Waals surface area (Å²) >= 11 is 0. The van der Waals surface area contributed by atoms with Crippen molar-refractivity contribution in [2.45, 2.75) is 32.4 Å². The summed E-state index contributed by atoms with van der Waals surface area (Å²) in [5.74, 6) is -1.39. The molecule has 0 aromatic rings. The minimum Gasteiger partial charge on any atom is -0.464 e. The molecule has 0 aromatic heterocycles. The van der Waals surface area contributed by atoms with Crippen molar-refractivity contribution in [3.8, 4) is 0 Å². The van der Waals surface area contributed by atoms with Crippen molar-refractivity contribution in [1.82, 2.24) is 5.32 Å². The number of carbonyl (C=O) groups is 2. The first-order valence-electron chi connectivity index (χ1n) is 4.90. The zero-order valence-corrected chi connectivity index (χ0v) is 9.03. The smallest absolute Gasteiger partial charge is 0.332 e. The van der Waals surface area contributed by atoms with Crippen LogP contribution in [0.1, 0.15) is 20.3 Å². The van der Waals surface area contributed by atoms with Gasteiger partial charge in [0.05, 0.1) is 19.3 Å². The number of ether oxygens (including phenoxy) is 1. The fraction of sp³-hybridized carbons (Fsp3) is 0.778. The second-order valence-corrected chi connectivity index (χ2v) is 3.03. The summed E-state index contributed by atoms with van der Waals surface area (Å²) in [6, 6.07) is -1.71. The van der Waals surface area contributed by atoms with Crippen molar-refractivity contribution >= 4 is 11.9 Å². The second kappa shape index (κ2) is 7.19. The molecule has 0 aliphatic heterocycles. The zero-order chi connectivity index (χ0) is 11.8. The molecular formula is C9H18N2O4. The van der Waals surface area contributed by atoms with Gasteiger partial charge in [0.15, 0.2) is 6.04 Å². The van der Waals surface area contributed by atoms with E-state index >= 15 is 0 Å². The third-order valence-electron chi connectivity index (χ3n) is 1.88. The normalized spacial score (nSPS) is 14.1. The van der Waals surface area contributed by atoms with E-state index in [2.05, 4.69) is 10.1 Å². The standard InChI is InChI=1S/C9H18N2O4/c1-3-6(5-12)11-8(13)7(10)9(14)15-4-2/h6-7,12H,3-5,10H2,1-2H3,(H,11,13)/t6-,7?/m0/s1. The number of nitrogens with one attached hydrogen (secondary N) is 1. The first-order chi connectivity index (χ1) is 7.06. The number of hydrogen-bond donors (Lipinski definition) is 3. The van der Waals surface area contributed by atoms with E-state index in [4.69, 9.17) is 10.8 Å². The van der Waals surface area contributed by atoms with Crippen LogP contribution in [0.5, 0.6) is 0 Å². The fourth-order valence-electron chi connectivity index (χ4n) is 0.907. The highest BCUT2D eigenvalue weighted by Gasteiger charge is 2.24. The lowest BCUT2D eigenvalue weighted by Crippen LogP contribution is -2.50. The topological polar surface area (TPSA) is 102 Å². The summed E-state index contributed by atoms with van der Waals surface area (Å²) in [4.78, 5) is 22.4. The molecule has 0 radical (unpaired) electrons. The highest BCUT2D eigenvalue weighted by Crippen LogP contribution is 1.92. The molecule has 0 fully saturated rings. The number of rotatable bonds is 6. The Labute approximate surface area is 88.8 Å². The quantitative estimate of drug-likeness (QED) is 0.382. The Kier molecular flexibility index (Phi) is 6.64.